The van der Waals surface area contributed by atoms with Crippen LogP contribution in [0.1, 0.15) is 0 Å². The van der Waals surface area contributed by atoms with Crippen LogP contribution >= 0.6 is 0 Å². The molecule has 0 aromatic heterocycles. The molecular formula is C12H11FN2O4S2. The minimum atomic E-state index is -4.06. The van der Waals surface area contributed by atoms with Crippen molar-refractivity contribution in [2.45, 2.75) is 9.79 Å². The van der Waals surface area contributed by atoms with Crippen LogP contribution in [0.15, 0.2) is 58.3 Å². The van der Waals surface area contributed by atoms with Crippen molar-refractivity contribution in [1.82, 2.24) is 0 Å². The third-order valence-electron chi connectivity index (χ3n) is 2.56. The van der Waals surface area contributed by atoms with Crippen molar-refractivity contribution in [2.75, 3.05) is 4.72 Å². The zero-order valence-corrected chi connectivity index (χ0v) is 12.2. The highest BCUT2D eigenvalue weighted by atomic mass is 32.2. The number of sulfonamides is 2. The Balaban J connectivity index is 2.45. The van der Waals surface area contributed by atoms with Gasteiger partial charge in [-0.15, -0.1) is 0 Å². The van der Waals surface area contributed by atoms with Crippen LogP contribution in [0.25, 0.3) is 0 Å². The molecule has 2 rings (SSSR count). The van der Waals surface area contributed by atoms with E-state index in [0.29, 0.717) is 0 Å². The highest BCUT2D eigenvalue weighted by Gasteiger charge is 2.18. The van der Waals surface area contributed by atoms with Gasteiger partial charge in [-0.3, -0.25) is 4.72 Å². The molecule has 3 N–H and O–H groups in total. The molecule has 0 unspecified atom stereocenters. The molecule has 0 heterocycles. The van der Waals surface area contributed by atoms with E-state index in [1.165, 1.54) is 24.3 Å². The van der Waals surface area contributed by atoms with Crippen LogP contribution in [0.5, 0.6) is 0 Å². The van der Waals surface area contributed by atoms with E-state index in [1.807, 2.05) is 4.72 Å². The second-order valence-corrected chi connectivity index (χ2v) is 7.35. The third kappa shape index (κ3) is 3.57. The molecule has 0 radical (unpaired) electrons. The lowest BCUT2D eigenvalue weighted by Gasteiger charge is -2.10. The first-order valence-corrected chi connectivity index (χ1v) is 8.63. The lowest BCUT2D eigenvalue weighted by Crippen LogP contribution is -2.16. The molecular weight excluding hydrogens is 319 g/mol. The predicted octanol–water partition coefficient (Wildman–Crippen LogP) is 1.27. The van der Waals surface area contributed by atoms with Gasteiger partial charge in [0.25, 0.3) is 10.0 Å². The SMILES string of the molecule is NS(=O)(=O)c1ccc(F)c(NS(=O)(=O)c2ccccc2)c1. The molecule has 0 amide bonds. The molecule has 21 heavy (non-hydrogen) atoms. The Hall–Kier alpha value is -1.97. The van der Waals surface area contributed by atoms with Gasteiger partial charge in [0.1, 0.15) is 5.82 Å². The van der Waals surface area contributed by atoms with Crippen molar-refractivity contribution < 1.29 is 21.2 Å². The number of primary sulfonamides is 1. The Bertz CT molecular complexity index is 865. The highest BCUT2D eigenvalue weighted by Crippen LogP contribution is 2.22. The second kappa shape index (κ2) is 5.43. The van der Waals surface area contributed by atoms with E-state index in [2.05, 4.69) is 0 Å². The fraction of sp³-hybridized carbons (Fsp3) is 0. The lowest BCUT2D eigenvalue weighted by atomic mass is 10.3. The normalized spacial score (nSPS) is 12.1. The Morgan fingerprint density at radius 2 is 1.52 bits per heavy atom. The number of rotatable bonds is 4. The molecule has 0 aliphatic rings. The molecule has 0 aliphatic carbocycles. The lowest BCUT2D eigenvalue weighted by molar-refractivity contribution is 0.593. The molecule has 2 aromatic rings. The van der Waals surface area contributed by atoms with Gasteiger partial charge >= 0.3 is 0 Å². The van der Waals surface area contributed by atoms with Gasteiger partial charge in [-0.05, 0) is 30.3 Å². The van der Waals surface area contributed by atoms with E-state index in [-0.39, 0.29) is 4.90 Å². The maximum Gasteiger partial charge on any atom is 0.261 e. The van der Waals surface area contributed by atoms with Gasteiger partial charge in [-0.25, -0.2) is 26.4 Å². The van der Waals surface area contributed by atoms with Gasteiger partial charge in [0.05, 0.1) is 15.5 Å². The summed E-state index contributed by atoms with van der Waals surface area (Å²) < 4.78 is 62.2. The number of nitrogens with one attached hydrogen (secondary N) is 1. The molecule has 2 aromatic carbocycles. The first-order valence-electron chi connectivity index (χ1n) is 5.60. The van der Waals surface area contributed by atoms with Gasteiger partial charge in [0.15, 0.2) is 0 Å². The highest BCUT2D eigenvalue weighted by molar-refractivity contribution is 7.92. The van der Waals surface area contributed by atoms with Crippen LogP contribution in [0.4, 0.5) is 10.1 Å². The predicted molar refractivity (Wildman–Crippen MR) is 75.0 cm³/mol. The molecule has 0 bridgehead atoms. The minimum absolute atomic E-state index is 0.0783. The van der Waals surface area contributed by atoms with Crippen LogP contribution in [0.2, 0.25) is 0 Å². The monoisotopic (exact) mass is 330 g/mol. The smallest absolute Gasteiger partial charge is 0.261 e. The molecule has 0 saturated heterocycles. The Labute approximate surface area is 121 Å². The number of anilines is 1. The van der Waals surface area contributed by atoms with Crippen molar-refractivity contribution in [3.05, 3.63) is 54.3 Å². The summed E-state index contributed by atoms with van der Waals surface area (Å²) in [6.07, 6.45) is 0. The molecule has 0 atom stereocenters. The summed E-state index contributed by atoms with van der Waals surface area (Å²) in [4.78, 5) is -0.472. The van der Waals surface area contributed by atoms with E-state index in [4.69, 9.17) is 5.14 Å². The van der Waals surface area contributed by atoms with Crippen molar-refractivity contribution in [3.8, 4) is 0 Å². The number of halogens is 1. The number of hydrogen-bond donors (Lipinski definition) is 2. The van der Waals surface area contributed by atoms with Crippen molar-refractivity contribution in [2.24, 2.45) is 5.14 Å². The van der Waals surface area contributed by atoms with E-state index in [9.17, 15) is 21.2 Å². The summed E-state index contributed by atoms with van der Waals surface area (Å²) in [6, 6.07) is 9.88. The molecule has 0 saturated carbocycles. The Kier molecular flexibility index (Phi) is 3.99. The molecule has 0 aliphatic heterocycles. The van der Waals surface area contributed by atoms with Gasteiger partial charge in [-0.1, -0.05) is 18.2 Å². The summed E-state index contributed by atoms with van der Waals surface area (Å²) >= 11 is 0. The fourth-order valence-electron chi connectivity index (χ4n) is 1.56. The standard InChI is InChI=1S/C12H11FN2O4S2/c13-11-7-6-10(20(14,16)17)8-12(11)15-21(18,19)9-4-2-1-3-5-9/h1-8,15H,(H2,14,16,17). The van der Waals surface area contributed by atoms with Crippen LogP contribution in [0, 0.1) is 5.82 Å². The average molecular weight is 330 g/mol. The summed E-state index contributed by atoms with van der Waals surface area (Å²) in [5.74, 6) is -0.915. The number of hydrogen-bond acceptors (Lipinski definition) is 4. The molecule has 0 fully saturated rings. The minimum Gasteiger partial charge on any atom is -0.277 e. The number of nitrogens with two attached hydrogens (primary N) is 1. The molecule has 6 nitrogen and oxygen atoms in total. The summed E-state index contributed by atoms with van der Waals surface area (Å²) in [6.45, 7) is 0. The largest absolute Gasteiger partial charge is 0.277 e. The summed E-state index contributed by atoms with van der Waals surface area (Å²) in [7, 11) is -8.09. The van der Waals surface area contributed by atoms with Gasteiger partial charge in [0, 0.05) is 0 Å². The maximum atomic E-state index is 13.6. The van der Waals surface area contributed by atoms with E-state index >= 15 is 0 Å². The molecule has 112 valence electrons. The van der Waals surface area contributed by atoms with Crippen LogP contribution < -0.4 is 9.86 Å². The van der Waals surface area contributed by atoms with Crippen molar-refractivity contribution in [3.63, 3.8) is 0 Å². The summed E-state index contributed by atoms with van der Waals surface area (Å²) in [5.41, 5.74) is -0.495. The fourth-order valence-corrected chi connectivity index (χ4v) is 3.18. The van der Waals surface area contributed by atoms with E-state index < -0.39 is 36.4 Å². The summed E-state index contributed by atoms with van der Waals surface area (Å²) in [5, 5.41) is 4.92. The van der Waals surface area contributed by atoms with Crippen LogP contribution in [0.3, 0.4) is 0 Å². The van der Waals surface area contributed by atoms with Gasteiger partial charge in [-0.2, -0.15) is 0 Å². The van der Waals surface area contributed by atoms with Crippen molar-refractivity contribution in [1.29, 1.82) is 0 Å². The van der Waals surface area contributed by atoms with Gasteiger partial charge < -0.3 is 0 Å². The van der Waals surface area contributed by atoms with E-state index in [1.54, 1.807) is 6.07 Å². The second-order valence-electron chi connectivity index (χ2n) is 4.11. The number of benzene rings is 2. The maximum absolute atomic E-state index is 13.6. The molecule has 0 spiro atoms. The Morgan fingerprint density at radius 1 is 0.905 bits per heavy atom. The average Bonchev–Trinajstić information content (AvgIpc) is 2.41. The van der Waals surface area contributed by atoms with Crippen LogP contribution in [-0.2, 0) is 20.0 Å². The first kappa shape index (κ1) is 15.4. The zero-order valence-electron chi connectivity index (χ0n) is 10.5. The topological polar surface area (TPSA) is 106 Å². The van der Waals surface area contributed by atoms with Gasteiger partial charge in [0.2, 0.25) is 10.0 Å². The zero-order chi connectivity index (χ0) is 15.7. The van der Waals surface area contributed by atoms with E-state index in [0.717, 1.165) is 18.2 Å². The Morgan fingerprint density at radius 3 is 2.10 bits per heavy atom. The van der Waals surface area contributed by atoms with Crippen molar-refractivity contribution >= 4 is 25.7 Å². The quantitative estimate of drug-likeness (QED) is 0.880. The molecule has 9 heteroatoms. The third-order valence-corrected chi connectivity index (χ3v) is 4.86. The first-order chi connectivity index (χ1) is 9.70. The van der Waals surface area contributed by atoms with Crippen LogP contribution in [-0.4, -0.2) is 16.8 Å².